The normalized spacial score (nSPS) is 11.0. The molecule has 0 unspecified atom stereocenters. The molecule has 0 spiro atoms. The molecule has 2 N–H and O–H groups in total. The summed E-state index contributed by atoms with van der Waals surface area (Å²) in [5.74, 6) is -1.77. The Balaban J connectivity index is 2.18. The summed E-state index contributed by atoms with van der Waals surface area (Å²) in [7, 11) is 0. The number of non-ortho nitro benzene ring substituents is 1. The van der Waals surface area contributed by atoms with Crippen molar-refractivity contribution in [2.45, 2.75) is 0 Å². The van der Waals surface area contributed by atoms with Crippen LogP contribution >= 0.6 is 0 Å². The second-order valence-corrected chi connectivity index (χ2v) is 4.14. The number of amides is 1. The number of nitrogens with zero attached hydrogens (tertiary/aromatic N) is 1. The molecule has 1 amide bonds. The minimum Gasteiger partial charge on any atom is -0.477 e. The van der Waals surface area contributed by atoms with E-state index in [1.165, 1.54) is 24.5 Å². The highest BCUT2D eigenvalue weighted by Gasteiger charge is 2.15. The predicted octanol–water partition coefficient (Wildman–Crippen LogP) is 2.04. The number of benzene rings is 1. The fraction of sp³-hybridized carbons (Fsp3) is 0. The van der Waals surface area contributed by atoms with E-state index in [0.29, 0.717) is 0 Å². The highest BCUT2D eigenvalue weighted by molar-refractivity contribution is 6.02. The number of nitro benzene ring substituents is 1. The molecule has 0 saturated carbocycles. The van der Waals surface area contributed by atoms with E-state index >= 15 is 0 Å². The van der Waals surface area contributed by atoms with Gasteiger partial charge in [0.15, 0.2) is 0 Å². The summed E-state index contributed by atoms with van der Waals surface area (Å²) < 4.78 is 4.98. The van der Waals surface area contributed by atoms with Crippen LogP contribution in [0.1, 0.15) is 16.1 Å². The number of nitro groups is 1. The molecule has 22 heavy (non-hydrogen) atoms. The number of hydrogen-bond acceptors (Lipinski definition) is 5. The van der Waals surface area contributed by atoms with E-state index in [9.17, 15) is 19.7 Å². The lowest BCUT2D eigenvalue weighted by molar-refractivity contribution is -0.384. The van der Waals surface area contributed by atoms with Gasteiger partial charge in [-0.05, 0) is 24.3 Å². The molecule has 2 rings (SSSR count). The summed E-state index contributed by atoms with van der Waals surface area (Å²) in [6, 6.07) is 7.89. The van der Waals surface area contributed by atoms with Crippen molar-refractivity contribution in [1.82, 2.24) is 5.32 Å². The standard InChI is InChI=1S/C14H10N2O6/c17-13(9-3-5-10(6-4-9)16(20)21)15-12(14(18)19)8-11-2-1-7-22-11/h1-8H,(H,15,17)(H,18,19)/b12-8-. The maximum Gasteiger partial charge on any atom is 0.352 e. The van der Waals surface area contributed by atoms with Crippen LogP contribution in [-0.2, 0) is 4.79 Å². The molecule has 112 valence electrons. The topological polar surface area (TPSA) is 123 Å². The third-order valence-electron chi connectivity index (χ3n) is 2.65. The van der Waals surface area contributed by atoms with Gasteiger partial charge in [0.1, 0.15) is 11.5 Å². The Labute approximate surface area is 123 Å². The molecule has 0 bridgehead atoms. The maximum atomic E-state index is 12.0. The van der Waals surface area contributed by atoms with E-state index in [1.807, 2.05) is 0 Å². The maximum absolute atomic E-state index is 12.0. The van der Waals surface area contributed by atoms with Gasteiger partial charge in [0, 0.05) is 23.8 Å². The van der Waals surface area contributed by atoms with E-state index in [4.69, 9.17) is 9.52 Å². The number of carboxylic acid groups (broad SMARTS) is 1. The van der Waals surface area contributed by atoms with Crippen LogP contribution in [0.2, 0.25) is 0 Å². The first-order valence-electron chi connectivity index (χ1n) is 6.01. The van der Waals surface area contributed by atoms with Crippen LogP contribution in [-0.4, -0.2) is 21.9 Å². The van der Waals surface area contributed by atoms with E-state index in [-0.39, 0.29) is 22.7 Å². The van der Waals surface area contributed by atoms with Crippen molar-refractivity contribution in [1.29, 1.82) is 0 Å². The fourth-order valence-electron chi connectivity index (χ4n) is 1.60. The molecule has 1 heterocycles. The first kappa shape index (κ1) is 15.0. The van der Waals surface area contributed by atoms with Crippen LogP contribution < -0.4 is 5.32 Å². The third-order valence-corrected chi connectivity index (χ3v) is 2.65. The van der Waals surface area contributed by atoms with E-state index in [0.717, 1.165) is 18.2 Å². The molecule has 0 saturated heterocycles. The SMILES string of the molecule is O=C(O)/C(=C/c1ccco1)NC(=O)c1ccc([N+](=O)[O-])cc1. The average Bonchev–Trinajstić information content (AvgIpc) is 2.99. The quantitative estimate of drug-likeness (QED) is 0.495. The zero-order valence-electron chi connectivity index (χ0n) is 11.1. The van der Waals surface area contributed by atoms with Crippen molar-refractivity contribution < 1.29 is 24.0 Å². The van der Waals surface area contributed by atoms with Crippen molar-refractivity contribution in [3.05, 3.63) is 69.8 Å². The molecule has 0 aliphatic carbocycles. The summed E-state index contributed by atoms with van der Waals surface area (Å²) in [5.41, 5.74) is -0.448. The summed E-state index contributed by atoms with van der Waals surface area (Å²) in [6.45, 7) is 0. The number of rotatable bonds is 5. The molecule has 0 fully saturated rings. The number of furan rings is 1. The van der Waals surface area contributed by atoms with E-state index in [1.54, 1.807) is 6.07 Å². The molecule has 0 aliphatic rings. The van der Waals surface area contributed by atoms with Gasteiger partial charge in [0.2, 0.25) is 0 Å². The number of carbonyl (C=O) groups is 2. The van der Waals surface area contributed by atoms with E-state index in [2.05, 4.69) is 5.32 Å². The molecule has 0 radical (unpaired) electrons. The van der Waals surface area contributed by atoms with Crippen LogP contribution in [0, 0.1) is 10.1 Å². The first-order chi connectivity index (χ1) is 10.5. The van der Waals surface area contributed by atoms with Gasteiger partial charge in [-0.1, -0.05) is 0 Å². The zero-order valence-corrected chi connectivity index (χ0v) is 11.1. The van der Waals surface area contributed by atoms with Gasteiger partial charge in [-0.15, -0.1) is 0 Å². The highest BCUT2D eigenvalue weighted by Crippen LogP contribution is 2.13. The van der Waals surface area contributed by atoms with Crippen molar-refractivity contribution in [2.24, 2.45) is 0 Å². The monoisotopic (exact) mass is 302 g/mol. The van der Waals surface area contributed by atoms with Gasteiger partial charge in [-0.2, -0.15) is 0 Å². The highest BCUT2D eigenvalue weighted by atomic mass is 16.6. The molecular formula is C14H10N2O6. The van der Waals surface area contributed by atoms with Gasteiger partial charge in [-0.3, -0.25) is 14.9 Å². The first-order valence-corrected chi connectivity index (χ1v) is 6.01. The molecule has 1 aromatic carbocycles. The lowest BCUT2D eigenvalue weighted by Crippen LogP contribution is -2.27. The summed E-state index contributed by atoms with van der Waals surface area (Å²) >= 11 is 0. The molecule has 0 aliphatic heterocycles. The lowest BCUT2D eigenvalue weighted by atomic mass is 10.2. The molecule has 8 nitrogen and oxygen atoms in total. The van der Waals surface area contributed by atoms with E-state index < -0.39 is 16.8 Å². The van der Waals surface area contributed by atoms with Crippen LogP contribution in [0.25, 0.3) is 6.08 Å². The van der Waals surface area contributed by atoms with Crippen LogP contribution in [0.15, 0.2) is 52.8 Å². The number of aliphatic carboxylic acids is 1. The number of hydrogen-bond donors (Lipinski definition) is 2. The Kier molecular flexibility index (Phi) is 4.33. The average molecular weight is 302 g/mol. The number of nitrogens with one attached hydrogen (secondary N) is 1. The van der Waals surface area contributed by atoms with Crippen LogP contribution in [0.5, 0.6) is 0 Å². The molecule has 2 aromatic rings. The summed E-state index contributed by atoms with van der Waals surface area (Å²) in [6.07, 6.45) is 2.52. The Bertz CT molecular complexity index is 731. The Morgan fingerprint density at radius 2 is 1.91 bits per heavy atom. The molecular weight excluding hydrogens is 292 g/mol. The van der Waals surface area contributed by atoms with Crippen molar-refractivity contribution >= 4 is 23.6 Å². The summed E-state index contributed by atoms with van der Waals surface area (Å²) in [5, 5.41) is 21.8. The van der Waals surface area contributed by atoms with Crippen molar-refractivity contribution in [3.63, 3.8) is 0 Å². The Morgan fingerprint density at radius 3 is 2.41 bits per heavy atom. The second kappa shape index (κ2) is 6.35. The Morgan fingerprint density at radius 1 is 1.23 bits per heavy atom. The van der Waals surface area contributed by atoms with Gasteiger partial charge in [0.25, 0.3) is 11.6 Å². The lowest BCUT2D eigenvalue weighted by Gasteiger charge is -2.05. The van der Waals surface area contributed by atoms with Crippen molar-refractivity contribution in [3.8, 4) is 0 Å². The molecule has 0 atom stereocenters. The number of carbonyl (C=O) groups excluding carboxylic acids is 1. The smallest absolute Gasteiger partial charge is 0.352 e. The van der Waals surface area contributed by atoms with Gasteiger partial charge in [-0.25, -0.2) is 4.79 Å². The van der Waals surface area contributed by atoms with Gasteiger partial charge < -0.3 is 14.8 Å². The minimum absolute atomic E-state index is 0.0946. The van der Waals surface area contributed by atoms with Gasteiger partial charge >= 0.3 is 5.97 Å². The largest absolute Gasteiger partial charge is 0.477 e. The molecule has 8 heteroatoms. The third kappa shape index (κ3) is 3.57. The van der Waals surface area contributed by atoms with Crippen LogP contribution in [0.3, 0.4) is 0 Å². The van der Waals surface area contributed by atoms with Gasteiger partial charge in [0.05, 0.1) is 11.2 Å². The predicted molar refractivity (Wildman–Crippen MR) is 74.9 cm³/mol. The number of carboxylic acids is 1. The second-order valence-electron chi connectivity index (χ2n) is 4.14. The van der Waals surface area contributed by atoms with Crippen molar-refractivity contribution in [2.75, 3.05) is 0 Å². The molecule has 1 aromatic heterocycles. The minimum atomic E-state index is -1.34. The van der Waals surface area contributed by atoms with Crippen LogP contribution in [0.4, 0.5) is 5.69 Å². The fourth-order valence-corrected chi connectivity index (χ4v) is 1.60. The Hall–Kier alpha value is -3.42. The summed E-state index contributed by atoms with van der Waals surface area (Å²) in [4.78, 5) is 33.0. The zero-order chi connectivity index (χ0) is 16.1.